The van der Waals surface area contributed by atoms with Crippen LogP contribution in [0.3, 0.4) is 0 Å². The fourth-order valence-corrected chi connectivity index (χ4v) is 3.47. The molecule has 0 fully saturated rings. The van der Waals surface area contributed by atoms with E-state index in [1.54, 1.807) is 24.3 Å². The van der Waals surface area contributed by atoms with E-state index in [0.29, 0.717) is 16.9 Å². The van der Waals surface area contributed by atoms with Crippen LogP contribution in [-0.2, 0) is 19.6 Å². The molecule has 0 saturated heterocycles. The lowest BCUT2D eigenvalue weighted by molar-refractivity contribution is -0.114. The van der Waals surface area contributed by atoms with Crippen LogP contribution >= 0.6 is 0 Å². The highest BCUT2D eigenvalue weighted by Gasteiger charge is 2.21. The lowest BCUT2D eigenvalue weighted by Gasteiger charge is -2.22. The Labute approximate surface area is 159 Å². The van der Waals surface area contributed by atoms with Crippen molar-refractivity contribution in [2.75, 3.05) is 29.5 Å². The van der Waals surface area contributed by atoms with Gasteiger partial charge < -0.3 is 10.1 Å². The number of hydrogen-bond donors (Lipinski definition) is 1. The largest absolute Gasteiger partial charge is 0.465 e. The number of carbonyl (C=O) groups excluding carboxylic acids is 2. The minimum absolute atomic E-state index is 0.350. The number of methoxy groups -OCH3 is 1. The van der Waals surface area contributed by atoms with Gasteiger partial charge in [-0.3, -0.25) is 9.10 Å². The summed E-state index contributed by atoms with van der Waals surface area (Å²) in [4.78, 5) is 23.8. The van der Waals surface area contributed by atoms with Crippen LogP contribution in [0.25, 0.3) is 0 Å². The van der Waals surface area contributed by atoms with E-state index in [-0.39, 0.29) is 6.54 Å². The van der Waals surface area contributed by atoms with Crippen LogP contribution in [0.15, 0.2) is 42.5 Å². The van der Waals surface area contributed by atoms with Gasteiger partial charge in [-0.1, -0.05) is 6.07 Å². The minimum atomic E-state index is -3.65. The molecule has 0 atom stereocenters. The van der Waals surface area contributed by atoms with Gasteiger partial charge >= 0.3 is 5.97 Å². The topological polar surface area (TPSA) is 92.8 Å². The molecule has 2 aromatic rings. The summed E-state index contributed by atoms with van der Waals surface area (Å²) in [5, 5.41) is 2.63. The molecule has 0 spiro atoms. The second-order valence-electron chi connectivity index (χ2n) is 6.23. The van der Waals surface area contributed by atoms with E-state index >= 15 is 0 Å². The predicted octanol–water partition coefficient (Wildman–Crippen LogP) is 2.49. The lowest BCUT2D eigenvalue weighted by Crippen LogP contribution is -2.37. The zero-order chi connectivity index (χ0) is 20.2. The maximum absolute atomic E-state index is 12.4. The van der Waals surface area contributed by atoms with Crippen LogP contribution in [0.1, 0.15) is 21.5 Å². The zero-order valence-corrected chi connectivity index (χ0v) is 16.5. The average molecular weight is 390 g/mol. The van der Waals surface area contributed by atoms with Gasteiger partial charge in [0.05, 0.1) is 24.6 Å². The number of aryl methyl sites for hydroxylation is 2. The predicted molar refractivity (Wildman–Crippen MR) is 105 cm³/mol. The molecule has 0 aliphatic rings. The van der Waals surface area contributed by atoms with Gasteiger partial charge in [-0.05, 0) is 61.4 Å². The van der Waals surface area contributed by atoms with Gasteiger partial charge in [0.25, 0.3) is 0 Å². The first-order chi connectivity index (χ1) is 12.6. The third-order valence-corrected chi connectivity index (χ3v) is 4.91. The first kappa shape index (κ1) is 20.4. The van der Waals surface area contributed by atoms with Crippen molar-refractivity contribution >= 4 is 33.3 Å². The van der Waals surface area contributed by atoms with Crippen molar-refractivity contribution in [3.05, 3.63) is 59.2 Å². The van der Waals surface area contributed by atoms with Crippen molar-refractivity contribution in [1.29, 1.82) is 0 Å². The van der Waals surface area contributed by atoms with Crippen LogP contribution < -0.4 is 9.62 Å². The summed E-state index contributed by atoms with van der Waals surface area (Å²) >= 11 is 0. The van der Waals surface area contributed by atoms with Gasteiger partial charge in [-0.2, -0.15) is 0 Å². The number of nitrogens with zero attached hydrogens (tertiary/aromatic N) is 1. The number of carbonyl (C=O) groups is 2. The number of benzene rings is 2. The van der Waals surface area contributed by atoms with Crippen LogP contribution in [0.4, 0.5) is 11.4 Å². The summed E-state index contributed by atoms with van der Waals surface area (Å²) in [5.74, 6) is -0.976. The summed E-state index contributed by atoms with van der Waals surface area (Å²) in [7, 11) is -2.37. The van der Waals surface area contributed by atoms with Crippen LogP contribution in [0.2, 0.25) is 0 Å². The Morgan fingerprint density at radius 2 is 1.59 bits per heavy atom. The molecule has 2 aromatic carbocycles. The van der Waals surface area contributed by atoms with Crippen molar-refractivity contribution in [1.82, 2.24) is 0 Å². The van der Waals surface area contributed by atoms with Gasteiger partial charge in [0.1, 0.15) is 6.54 Å². The molecular formula is C19H22N2O5S. The molecule has 27 heavy (non-hydrogen) atoms. The Kier molecular flexibility index (Phi) is 6.22. The second-order valence-corrected chi connectivity index (χ2v) is 8.14. The number of nitrogens with one attached hydrogen (secondary N) is 1. The van der Waals surface area contributed by atoms with Gasteiger partial charge in [0.15, 0.2) is 0 Å². The van der Waals surface area contributed by atoms with Crippen molar-refractivity contribution in [3.63, 3.8) is 0 Å². The Bertz CT molecular complexity index is 932. The first-order valence-electron chi connectivity index (χ1n) is 8.14. The molecule has 144 valence electrons. The highest BCUT2D eigenvalue weighted by atomic mass is 32.2. The molecule has 0 radical (unpaired) electrons. The monoisotopic (exact) mass is 390 g/mol. The Hall–Kier alpha value is -2.87. The summed E-state index contributed by atoms with van der Waals surface area (Å²) in [6.07, 6.45) is 1.06. The molecule has 8 heteroatoms. The van der Waals surface area contributed by atoms with Crippen molar-refractivity contribution in [3.8, 4) is 0 Å². The number of hydrogen-bond acceptors (Lipinski definition) is 5. The smallest absolute Gasteiger partial charge is 0.337 e. The second kappa shape index (κ2) is 8.22. The van der Waals surface area contributed by atoms with E-state index in [4.69, 9.17) is 0 Å². The average Bonchev–Trinajstić information content (AvgIpc) is 2.57. The van der Waals surface area contributed by atoms with E-state index in [9.17, 15) is 18.0 Å². The standard InChI is InChI=1S/C19H22N2O5S/c1-13-9-14(2)11-17(10-13)21(27(4,24)25)12-18(22)20-16-7-5-15(6-8-16)19(23)26-3/h5-11H,12H2,1-4H3,(H,20,22). The number of esters is 1. The van der Waals surface area contributed by atoms with Gasteiger partial charge in [0, 0.05) is 5.69 Å². The molecule has 0 aliphatic heterocycles. The van der Waals surface area contributed by atoms with Gasteiger partial charge in [-0.25, -0.2) is 13.2 Å². The Balaban J connectivity index is 2.18. The normalized spacial score (nSPS) is 11.0. The summed E-state index contributed by atoms with van der Waals surface area (Å²) in [5.41, 5.74) is 3.03. The molecule has 7 nitrogen and oxygen atoms in total. The van der Waals surface area contributed by atoms with Gasteiger partial charge in [-0.15, -0.1) is 0 Å². The molecule has 2 rings (SSSR count). The van der Waals surface area contributed by atoms with Crippen molar-refractivity contribution < 1.29 is 22.7 Å². The molecule has 0 heterocycles. The van der Waals surface area contributed by atoms with E-state index in [2.05, 4.69) is 10.1 Å². The van der Waals surface area contributed by atoms with Crippen molar-refractivity contribution in [2.24, 2.45) is 0 Å². The number of ether oxygens (including phenoxy) is 1. The molecule has 0 aliphatic carbocycles. The number of anilines is 2. The van der Waals surface area contributed by atoms with Crippen LogP contribution in [0, 0.1) is 13.8 Å². The fraction of sp³-hybridized carbons (Fsp3) is 0.263. The quantitative estimate of drug-likeness (QED) is 0.765. The van der Waals surface area contributed by atoms with E-state index in [1.165, 1.54) is 19.2 Å². The summed E-state index contributed by atoms with van der Waals surface area (Å²) < 4.78 is 30.1. The third-order valence-electron chi connectivity index (χ3n) is 3.77. The Morgan fingerprint density at radius 1 is 1.04 bits per heavy atom. The Morgan fingerprint density at radius 3 is 2.07 bits per heavy atom. The maximum atomic E-state index is 12.4. The number of sulfonamides is 1. The van der Waals surface area contributed by atoms with E-state index in [1.807, 2.05) is 19.9 Å². The number of rotatable bonds is 6. The van der Waals surface area contributed by atoms with Crippen LogP contribution in [0.5, 0.6) is 0 Å². The van der Waals surface area contributed by atoms with E-state index in [0.717, 1.165) is 21.7 Å². The molecule has 1 amide bonds. The third kappa shape index (κ3) is 5.55. The maximum Gasteiger partial charge on any atom is 0.337 e. The lowest BCUT2D eigenvalue weighted by atomic mass is 10.1. The molecule has 1 N–H and O–H groups in total. The molecule has 0 bridgehead atoms. The van der Waals surface area contributed by atoms with E-state index < -0.39 is 21.9 Å². The highest BCUT2D eigenvalue weighted by Crippen LogP contribution is 2.21. The van der Waals surface area contributed by atoms with Gasteiger partial charge in [0.2, 0.25) is 15.9 Å². The highest BCUT2D eigenvalue weighted by molar-refractivity contribution is 7.92. The molecule has 0 saturated carbocycles. The van der Waals surface area contributed by atoms with Crippen LogP contribution in [-0.4, -0.2) is 40.2 Å². The minimum Gasteiger partial charge on any atom is -0.465 e. The molecule has 0 aromatic heterocycles. The molecular weight excluding hydrogens is 368 g/mol. The molecule has 0 unspecified atom stereocenters. The fourth-order valence-electron chi connectivity index (χ4n) is 2.63. The number of amides is 1. The van der Waals surface area contributed by atoms with Crippen molar-refractivity contribution in [2.45, 2.75) is 13.8 Å². The SMILES string of the molecule is COC(=O)c1ccc(NC(=O)CN(c2cc(C)cc(C)c2)S(C)(=O)=O)cc1. The zero-order valence-electron chi connectivity index (χ0n) is 15.6. The summed E-state index contributed by atoms with van der Waals surface area (Å²) in [6, 6.07) is 11.5. The summed E-state index contributed by atoms with van der Waals surface area (Å²) in [6.45, 7) is 3.36. The first-order valence-corrected chi connectivity index (χ1v) is 9.99.